The lowest BCUT2D eigenvalue weighted by molar-refractivity contribution is 0.368. The Labute approximate surface area is 158 Å². The highest BCUT2D eigenvalue weighted by atomic mass is 32.2. The molecule has 3 rings (SSSR count). The van der Waals surface area contributed by atoms with Gasteiger partial charge in [-0.2, -0.15) is 5.26 Å². The number of imidazole rings is 1. The van der Waals surface area contributed by atoms with Gasteiger partial charge in [-0.3, -0.25) is 10.3 Å². The standard InChI is InChI=1S/C19H24N6S/c20-13-23-19(22-10-11-26-17-4-2-1-3-5-17)25-16-8-6-15(7-9-16)18-12-21-14-24-18/h1-5,12,14-16H,6-11H2,(H,21,24)(H2,22,23,25). The summed E-state index contributed by atoms with van der Waals surface area (Å²) in [6.45, 7) is 0.667. The highest BCUT2D eigenvalue weighted by Gasteiger charge is 2.23. The minimum Gasteiger partial charge on any atom is -0.353 e. The number of rotatable bonds is 6. The summed E-state index contributed by atoms with van der Waals surface area (Å²) in [6, 6.07) is 10.6. The summed E-state index contributed by atoms with van der Waals surface area (Å²) in [5, 5.41) is 15.1. The third-order valence-electron chi connectivity index (χ3n) is 4.57. The number of hydrogen-bond acceptors (Lipinski definition) is 4. The second-order valence-corrected chi connectivity index (χ2v) is 7.50. The molecular weight excluding hydrogens is 344 g/mol. The lowest BCUT2D eigenvalue weighted by Gasteiger charge is -2.29. The van der Waals surface area contributed by atoms with E-state index in [0.29, 0.717) is 24.5 Å². The first-order valence-corrected chi connectivity index (χ1v) is 9.96. The van der Waals surface area contributed by atoms with Crippen molar-refractivity contribution in [3.63, 3.8) is 0 Å². The van der Waals surface area contributed by atoms with Gasteiger partial charge in [0.05, 0.1) is 12.9 Å². The van der Waals surface area contributed by atoms with Crippen LogP contribution in [0, 0.1) is 11.5 Å². The number of aromatic amines is 1. The normalized spacial score (nSPS) is 20.3. The SMILES string of the molecule is N#CNC(=NCCSc1ccccc1)NC1CCC(c2cnc[nH]2)CC1. The molecule has 1 aromatic heterocycles. The van der Waals surface area contributed by atoms with Crippen molar-refractivity contribution in [2.45, 2.75) is 42.5 Å². The van der Waals surface area contributed by atoms with E-state index in [1.54, 1.807) is 18.1 Å². The van der Waals surface area contributed by atoms with Crippen LogP contribution in [0.2, 0.25) is 0 Å². The van der Waals surface area contributed by atoms with Crippen molar-refractivity contribution in [3.05, 3.63) is 48.5 Å². The van der Waals surface area contributed by atoms with Gasteiger partial charge in [0.2, 0.25) is 5.96 Å². The van der Waals surface area contributed by atoms with Crippen molar-refractivity contribution in [2.75, 3.05) is 12.3 Å². The third kappa shape index (κ3) is 5.53. The van der Waals surface area contributed by atoms with Gasteiger partial charge >= 0.3 is 0 Å². The van der Waals surface area contributed by atoms with Gasteiger partial charge in [0.25, 0.3) is 0 Å². The van der Waals surface area contributed by atoms with Crippen molar-refractivity contribution in [1.82, 2.24) is 20.6 Å². The van der Waals surface area contributed by atoms with Gasteiger partial charge in [0, 0.05) is 34.5 Å². The van der Waals surface area contributed by atoms with E-state index in [2.05, 4.69) is 37.7 Å². The predicted octanol–water partition coefficient (Wildman–Crippen LogP) is 3.24. The van der Waals surface area contributed by atoms with E-state index in [-0.39, 0.29) is 0 Å². The molecule has 7 heteroatoms. The van der Waals surface area contributed by atoms with Crippen LogP contribution in [0.15, 0.2) is 52.7 Å². The summed E-state index contributed by atoms with van der Waals surface area (Å²) >= 11 is 1.77. The Balaban J connectivity index is 1.43. The maximum Gasteiger partial charge on any atom is 0.204 e. The molecule has 2 aromatic rings. The van der Waals surface area contributed by atoms with Gasteiger partial charge in [0.15, 0.2) is 6.19 Å². The van der Waals surface area contributed by atoms with Gasteiger partial charge < -0.3 is 10.3 Å². The van der Waals surface area contributed by atoms with Crippen LogP contribution in [0.4, 0.5) is 0 Å². The summed E-state index contributed by atoms with van der Waals surface area (Å²) in [4.78, 5) is 13.1. The number of guanidine groups is 1. The van der Waals surface area contributed by atoms with Crippen LogP contribution in [0.25, 0.3) is 0 Å². The van der Waals surface area contributed by atoms with Crippen LogP contribution in [0.3, 0.4) is 0 Å². The van der Waals surface area contributed by atoms with Crippen molar-refractivity contribution < 1.29 is 0 Å². The predicted molar refractivity (Wildman–Crippen MR) is 105 cm³/mol. The maximum atomic E-state index is 8.97. The molecule has 1 saturated carbocycles. The van der Waals surface area contributed by atoms with E-state index >= 15 is 0 Å². The topological polar surface area (TPSA) is 88.9 Å². The molecule has 26 heavy (non-hydrogen) atoms. The number of aromatic nitrogens is 2. The highest BCUT2D eigenvalue weighted by Crippen LogP contribution is 2.31. The van der Waals surface area contributed by atoms with Crippen LogP contribution in [-0.4, -0.2) is 34.3 Å². The molecule has 1 aromatic carbocycles. The quantitative estimate of drug-likeness (QED) is 0.182. The minimum absolute atomic E-state index is 0.357. The van der Waals surface area contributed by atoms with Gasteiger partial charge in [0.1, 0.15) is 0 Å². The molecule has 0 atom stereocenters. The molecule has 1 fully saturated rings. The Morgan fingerprint density at radius 1 is 1.27 bits per heavy atom. The minimum atomic E-state index is 0.357. The maximum absolute atomic E-state index is 8.97. The largest absolute Gasteiger partial charge is 0.353 e. The molecule has 0 unspecified atom stereocenters. The first kappa shape index (κ1) is 18.3. The highest BCUT2D eigenvalue weighted by molar-refractivity contribution is 7.99. The number of aliphatic imine (C=N–C) groups is 1. The summed E-state index contributed by atoms with van der Waals surface area (Å²) in [5.74, 6) is 2.03. The van der Waals surface area contributed by atoms with Crippen molar-refractivity contribution in [3.8, 4) is 6.19 Å². The van der Waals surface area contributed by atoms with E-state index in [1.165, 1.54) is 10.6 Å². The Kier molecular flexibility index (Phi) is 6.96. The number of nitriles is 1. The molecule has 1 aliphatic carbocycles. The molecule has 0 bridgehead atoms. The van der Waals surface area contributed by atoms with Crippen LogP contribution >= 0.6 is 11.8 Å². The lowest BCUT2D eigenvalue weighted by atomic mass is 9.84. The van der Waals surface area contributed by atoms with E-state index in [9.17, 15) is 0 Å². The fourth-order valence-corrected chi connectivity index (χ4v) is 4.01. The smallest absolute Gasteiger partial charge is 0.204 e. The monoisotopic (exact) mass is 368 g/mol. The molecule has 0 amide bonds. The second kappa shape index (κ2) is 9.88. The average Bonchev–Trinajstić information content (AvgIpc) is 3.21. The first-order chi connectivity index (χ1) is 12.8. The number of thioether (sulfide) groups is 1. The molecule has 6 nitrogen and oxygen atoms in total. The molecule has 3 N–H and O–H groups in total. The Morgan fingerprint density at radius 2 is 2.08 bits per heavy atom. The van der Waals surface area contributed by atoms with Crippen LogP contribution in [0.1, 0.15) is 37.3 Å². The number of H-pyrrole nitrogens is 1. The van der Waals surface area contributed by atoms with E-state index in [1.807, 2.05) is 30.6 Å². The van der Waals surface area contributed by atoms with Crippen LogP contribution in [-0.2, 0) is 0 Å². The zero-order valence-electron chi connectivity index (χ0n) is 14.7. The fraction of sp³-hybridized carbons (Fsp3) is 0.421. The average molecular weight is 369 g/mol. The summed E-state index contributed by atoms with van der Waals surface area (Å²) in [7, 11) is 0. The lowest BCUT2D eigenvalue weighted by Crippen LogP contribution is -2.43. The fourth-order valence-electron chi connectivity index (χ4n) is 3.24. The number of hydrogen-bond donors (Lipinski definition) is 3. The molecule has 136 valence electrons. The van der Waals surface area contributed by atoms with Crippen molar-refractivity contribution in [1.29, 1.82) is 5.26 Å². The van der Waals surface area contributed by atoms with Gasteiger partial charge in [-0.05, 0) is 37.8 Å². The molecule has 1 heterocycles. The van der Waals surface area contributed by atoms with Gasteiger partial charge in [-0.25, -0.2) is 4.98 Å². The number of nitrogens with zero attached hydrogens (tertiary/aromatic N) is 3. The second-order valence-electron chi connectivity index (χ2n) is 6.33. The molecule has 0 spiro atoms. The van der Waals surface area contributed by atoms with E-state index < -0.39 is 0 Å². The molecule has 1 aliphatic rings. The molecular formula is C19H24N6S. The summed E-state index contributed by atoms with van der Waals surface area (Å²) in [5.41, 5.74) is 1.23. The Hall–Kier alpha value is -2.46. The Bertz CT molecular complexity index is 714. The number of nitrogens with one attached hydrogen (secondary N) is 3. The summed E-state index contributed by atoms with van der Waals surface area (Å²) in [6.07, 6.45) is 10.0. The zero-order valence-corrected chi connectivity index (χ0v) is 15.5. The van der Waals surface area contributed by atoms with Gasteiger partial charge in [-0.1, -0.05) is 18.2 Å². The van der Waals surface area contributed by atoms with E-state index in [0.717, 1.165) is 31.4 Å². The molecule has 0 saturated heterocycles. The zero-order chi connectivity index (χ0) is 18.0. The molecule has 0 aliphatic heterocycles. The van der Waals surface area contributed by atoms with Crippen molar-refractivity contribution in [2.24, 2.45) is 4.99 Å². The van der Waals surface area contributed by atoms with E-state index in [4.69, 9.17) is 5.26 Å². The third-order valence-corrected chi connectivity index (χ3v) is 5.57. The van der Waals surface area contributed by atoms with Crippen LogP contribution < -0.4 is 10.6 Å². The van der Waals surface area contributed by atoms with Crippen LogP contribution in [0.5, 0.6) is 0 Å². The Morgan fingerprint density at radius 3 is 2.77 bits per heavy atom. The first-order valence-electron chi connectivity index (χ1n) is 8.97. The molecule has 0 radical (unpaired) electrons. The van der Waals surface area contributed by atoms with Gasteiger partial charge in [-0.15, -0.1) is 11.8 Å². The number of benzene rings is 1. The van der Waals surface area contributed by atoms with Crippen molar-refractivity contribution >= 4 is 17.7 Å². The summed E-state index contributed by atoms with van der Waals surface area (Å²) < 4.78 is 0.